The molecule has 1 aromatic carbocycles. The zero-order valence-corrected chi connectivity index (χ0v) is 13.1. The molecule has 0 heterocycles. The van der Waals surface area contributed by atoms with Gasteiger partial charge in [0, 0.05) is 4.90 Å². The first-order chi connectivity index (χ1) is 10.1. The van der Waals surface area contributed by atoms with Gasteiger partial charge >= 0.3 is 5.97 Å². The van der Waals surface area contributed by atoms with Crippen LogP contribution in [0.2, 0.25) is 0 Å². The van der Waals surface area contributed by atoms with Crippen molar-refractivity contribution < 1.29 is 14.3 Å². The Hall–Kier alpha value is -1.07. The molecule has 2 rings (SSSR count). The zero-order valence-electron chi connectivity index (χ0n) is 12.3. The molecular formula is C16H22FNO2S. The lowest BCUT2D eigenvalue weighted by atomic mass is 9.85. The maximum atomic E-state index is 13.6. The minimum absolute atomic E-state index is 0.120. The quantitative estimate of drug-likeness (QED) is 0.756. The molecule has 1 aromatic rings. The van der Waals surface area contributed by atoms with E-state index in [1.807, 2.05) is 13.0 Å². The van der Waals surface area contributed by atoms with E-state index in [1.54, 1.807) is 12.1 Å². The summed E-state index contributed by atoms with van der Waals surface area (Å²) in [6.07, 6.45) is 3.34. The second-order valence-electron chi connectivity index (χ2n) is 5.46. The van der Waals surface area contributed by atoms with Crippen LogP contribution in [0.1, 0.15) is 32.6 Å². The van der Waals surface area contributed by atoms with Gasteiger partial charge in [-0.2, -0.15) is 0 Å². The molecule has 2 unspecified atom stereocenters. The van der Waals surface area contributed by atoms with Crippen molar-refractivity contribution in [1.29, 1.82) is 0 Å². The second kappa shape index (κ2) is 7.27. The zero-order chi connectivity index (χ0) is 15.3. The Morgan fingerprint density at radius 1 is 1.52 bits per heavy atom. The molecule has 0 aromatic heterocycles. The van der Waals surface area contributed by atoms with Crippen molar-refractivity contribution in [3.05, 3.63) is 30.1 Å². The molecule has 1 aliphatic carbocycles. The third kappa shape index (κ3) is 3.58. The molecule has 0 saturated heterocycles. The highest BCUT2D eigenvalue weighted by atomic mass is 32.2. The van der Waals surface area contributed by atoms with Crippen LogP contribution in [0.5, 0.6) is 0 Å². The lowest BCUT2D eigenvalue weighted by molar-refractivity contribution is -0.146. The minimum Gasteiger partial charge on any atom is -0.480 e. The summed E-state index contributed by atoms with van der Waals surface area (Å²) >= 11 is 1.47. The summed E-state index contributed by atoms with van der Waals surface area (Å²) < 4.78 is 13.6. The lowest BCUT2D eigenvalue weighted by Gasteiger charge is -2.32. The Bertz CT molecular complexity index is 497. The average Bonchev–Trinajstić information content (AvgIpc) is 2.86. The van der Waals surface area contributed by atoms with Crippen LogP contribution >= 0.6 is 11.8 Å². The number of thioether (sulfide) groups is 1. The van der Waals surface area contributed by atoms with E-state index in [-0.39, 0.29) is 11.7 Å². The number of carbonyl (C=O) groups is 1. The van der Waals surface area contributed by atoms with Crippen LogP contribution in [0.15, 0.2) is 29.2 Å². The van der Waals surface area contributed by atoms with Crippen molar-refractivity contribution in [2.75, 3.05) is 12.3 Å². The molecule has 116 valence electrons. The number of carboxylic acids is 1. The molecule has 0 amide bonds. The molecule has 0 spiro atoms. The summed E-state index contributed by atoms with van der Waals surface area (Å²) in [4.78, 5) is 12.3. The van der Waals surface area contributed by atoms with Crippen molar-refractivity contribution in [2.24, 2.45) is 5.92 Å². The number of hydrogen-bond acceptors (Lipinski definition) is 3. The van der Waals surface area contributed by atoms with Crippen LogP contribution in [0.25, 0.3) is 0 Å². The molecule has 3 nitrogen and oxygen atoms in total. The van der Waals surface area contributed by atoms with Gasteiger partial charge in [-0.05, 0) is 49.6 Å². The molecule has 5 heteroatoms. The van der Waals surface area contributed by atoms with Crippen molar-refractivity contribution in [3.8, 4) is 0 Å². The third-order valence-electron chi connectivity index (χ3n) is 4.26. The standard InChI is InChI=1S/C16H22FNO2S/c1-2-18-16(15(19)20)10-5-6-12(16)9-11-21-14-8-4-3-7-13(14)17/h3-4,7-8,12,18H,2,5-6,9-11H2,1H3,(H,19,20). The Morgan fingerprint density at radius 2 is 2.29 bits per heavy atom. The number of likely N-dealkylation sites (N-methyl/N-ethyl adjacent to an activating group) is 1. The van der Waals surface area contributed by atoms with Gasteiger partial charge in [0.15, 0.2) is 0 Å². The highest BCUT2D eigenvalue weighted by Crippen LogP contribution is 2.39. The van der Waals surface area contributed by atoms with E-state index in [0.29, 0.717) is 17.9 Å². The van der Waals surface area contributed by atoms with Crippen molar-refractivity contribution in [1.82, 2.24) is 5.32 Å². The number of rotatable bonds is 7. The summed E-state index contributed by atoms with van der Waals surface area (Å²) in [6.45, 7) is 2.59. The van der Waals surface area contributed by atoms with E-state index in [1.165, 1.54) is 17.8 Å². The number of carboxylic acid groups (broad SMARTS) is 1. The van der Waals surface area contributed by atoms with Gasteiger partial charge in [0.25, 0.3) is 0 Å². The van der Waals surface area contributed by atoms with Crippen molar-refractivity contribution in [2.45, 2.75) is 43.0 Å². The van der Waals surface area contributed by atoms with Crippen LogP contribution in [-0.4, -0.2) is 28.9 Å². The first kappa shape index (κ1) is 16.3. The van der Waals surface area contributed by atoms with Crippen LogP contribution in [0.4, 0.5) is 4.39 Å². The van der Waals surface area contributed by atoms with E-state index in [0.717, 1.165) is 25.0 Å². The molecule has 2 atom stereocenters. The number of benzene rings is 1. The van der Waals surface area contributed by atoms with E-state index < -0.39 is 11.5 Å². The summed E-state index contributed by atoms with van der Waals surface area (Å²) in [5.41, 5.74) is -0.787. The molecule has 21 heavy (non-hydrogen) atoms. The highest BCUT2D eigenvalue weighted by Gasteiger charge is 2.48. The molecule has 2 N–H and O–H groups in total. The Morgan fingerprint density at radius 3 is 2.95 bits per heavy atom. The van der Waals surface area contributed by atoms with Gasteiger partial charge in [0.2, 0.25) is 0 Å². The van der Waals surface area contributed by atoms with Crippen LogP contribution in [0, 0.1) is 11.7 Å². The van der Waals surface area contributed by atoms with Gasteiger partial charge in [0.1, 0.15) is 11.4 Å². The van der Waals surface area contributed by atoms with Crippen LogP contribution in [-0.2, 0) is 4.79 Å². The lowest BCUT2D eigenvalue weighted by Crippen LogP contribution is -2.54. The Labute approximate surface area is 129 Å². The van der Waals surface area contributed by atoms with Crippen molar-refractivity contribution in [3.63, 3.8) is 0 Å². The largest absolute Gasteiger partial charge is 0.480 e. The van der Waals surface area contributed by atoms with E-state index in [4.69, 9.17) is 0 Å². The molecule has 0 aliphatic heterocycles. The molecule has 0 bridgehead atoms. The maximum Gasteiger partial charge on any atom is 0.324 e. The van der Waals surface area contributed by atoms with Crippen LogP contribution in [0.3, 0.4) is 0 Å². The van der Waals surface area contributed by atoms with E-state index in [2.05, 4.69) is 5.32 Å². The number of aliphatic carboxylic acids is 1. The monoisotopic (exact) mass is 311 g/mol. The maximum absolute atomic E-state index is 13.6. The Kier molecular flexibility index (Phi) is 5.65. The predicted octanol–water partition coefficient (Wildman–Crippen LogP) is 3.54. The summed E-state index contributed by atoms with van der Waals surface area (Å²) in [5.74, 6) is -0.0893. The fraction of sp³-hybridized carbons (Fsp3) is 0.562. The predicted molar refractivity (Wildman–Crippen MR) is 83.1 cm³/mol. The van der Waals surface area contributed by atoms with Gasteiger partial charge in [-0.1, -0.05) is 25.5 Å². The molecule has 1 aliphatic rings. The van der Waals surface area contributed by atoms with Gasteiger partial charge in [-0.25, -0.2) is 4.39 Å². The summed E-state index contributed by atoms with van der Waals surface area (Å²) in [7, 11) is 0. The van der Waals surface area contributed by atoms with Gasteiger partial charge < -0.3 is 10.4 Å². The number of hydrogen-bond donors (Lipinski definition) is 2. The average molecular weight is 311 g/mol. The topological polar surface area (TPSA) is 49.3 Å². The SMILES string of the molecule is CCNC1(C(=O)O)CCCC1CCSc1ccccc1F. The van der Waals surface area contributed by atoms with Gasteiger partial charge in [-0.15, -0.1) is 11.8 Å². The first-order valence-electron chi connectivity index (χ1n) is 7.46. The van der Waals surface area contributed by atoms with Crippen LogP contribution < -0.4 is 5.32 Å². The Balaban J connectivity index is 1.95. The molecule has 1 saturated carbocycles. The molecule has 0 radical (unpaired) electrons. The second-order valence-corrected chi connectivity index (χ2v) is 6.60. The summed E-state index contributed by atoms with van der Waals surface area (Å²) in [5, 5.41) is 12.8. The van der Waals surface area contributed by atoms with E-state index >= 15 is 0 Å². The normalized spacial score (nSPS) is 25.1. The van der Waals surface area contributed by atoms with Gasteiger partial charge in [0.05, 0.1) is 0 Å². The highest BCUT2D eigenvalue weighted by molar-refractivity contribution is 7.99. The van der Waals surface area contributed by atoms with Gasteiger partial charge in [-0.3, -0.25) is 4.79 Å². The number of nitrogens with one attached hydrogen (secondary N) is 1. The molecule has 1 fully saturated rings. The minimum atomic E-state index is -0.787. The van der Waals surface area contributed by atoms with E-state index in [9.17, 15) is 14.3 Å². The fourth-order valence-corrected chi connectivity index (χ4v) is 4.25. The summed E-state index contributed by atoms with van der Waals surface area (Å²) in [6, 6.07) is 6.72. The van der Waals surface area contributed by atoms with Crippen molar-refractivity contribution >= 4 is 17.7 Å². The third-order valence-corrected chi connectivity index (χ3v) is 5.34. The fourth-order valence-electron chi connectivity index (χ4n) is 3.25. The smallest absolute Gasteiger partial charge is 0.324 e. The first-order valence-corrected chi connectivity index (χ1v) is 8.44. The molecular weight excluding hydrogens is 289 g/mol. The number of halogens is 1.